The highest BCUT2D eigenvalue weighted by Gasteiger charge is 2.36. The monoisotopic (exact) mass is 717 g/mol. The highest BCUT2D eigenvalue weighted by atomic mass is 16.6. The second-order valence-electron chi connectivity index (χ2n) is 14.7. The summed E-state index contributed by atoms with van der Waals surface area (Å²) in [5.74, 6) is -0.689. The summed E-state index contributed by atoms with van der Waals surface area (Å²) in [5, 5.41) is 12.3. The topological polar surface area (TPSA) is 144 Å². The number of oxazole rings is 1. The number of rotatable bonds is 8. The van der Waals surface area contributed by atoms with E-state index in [1.54, 1.807) is 18.0 Å². The van der Waals surface area contributed by atoms with Crippen molar-refractivity contribution in [1.82, 2.24) is 29.1 Å². The number of amides is 4. The van der Waals surface area contributed by atoms with E-state index in [0.29, 0.717) is 69.3 Å². The first-order valence-electron chi connectivity index (χ1n) is 18.7. The van der Waals surface area contributed by atoms with Gasteiger partial charge in [0.05, 0.1) is 12.1 Å². The van der Waals surface area contributed by atoms with E-state index < -0.39 is 18.0 Å². The molecule has 0 bridgehead atoms. The van der Waals surface area contributed by atoms with Gasteiger partial charge in [-0.15, -0.1) is 0 Å². The molecule has 4 aliphatic heterocycles. The van der Waals surface area contributed by atoms with Gasteiger partial charge in [-0.1, -0.05) is 24.3 Å². The van der Waals surface area contributed by atoms with Crippen molar-refractivity contribution in [2.24, 2.45) is 7.05 Å². The zero-order valence-corrected chi connectivity index (χ0v) is 30.3. The van der Waals surface area contributed by atoms with Gasteiger partial charge in [-0.2, -0.15) is 0 Å². The predicted octanol–water partition coefficient (Wildman–Crippen LogP) is 2.64. The molecular weight excluding hydrogens is 666 g/mol. The van der Waals surface area contributed by atoms with Crippen LogP contribution in [0.25, 0.3) is 11.1 Å². The number of nitrogens with zero attached hydrogens (tertiary/aromatic N) is 6. The normalized spacial score (nSPS) is 20.4. The minimum atomic E-state index is -1.05. The standard InChI is InChI=1S/C38H51N7O7/c1-26-23-27(24-32-34(26)40(2)37(49)51-32)25-33(35(47)43-19-17-42(18-20-43)29-8-12-41(13-9-29)21-22-46)52-38(50)44-14-10-30(11-15-44)45-16-7-28-5-3-4-6-31(28)39-36(45)48/h3-6,23-24,29-30,33,46H,7-22,25H2,1-2H3,(H,39,48). The number of anilines is 1. The molecule has 52 heavy (non-hydrogen) atoms. The van der Waals surface area contributed by atoms with Gasteiger partial charge in [0.1, 0.15) is 0 Å². The van der Waals surface area contributed by atoms with Crippen LogP contribution in [0.4, 0.5) is 15.3 Å². The Morgan fingerprint density at radius 2 is 1.63 bits per heavy atom. The molecule has 0 radical (unpaired) electrons. The molecule has 1 aromatic heterocycles. The number of ether oxygens (including phenoxy) is 1. The van der Waals surface area contributed by atoms with E-state index in [-0.39, 0.29) is 31.0 Å². The Kier molecular flexibility index (Phi) is 10.9. The summed E-state index contributed by atoms with van der Waals surface area (Å²) in [4.78, 5) is 63.5. The molecule has 14 heteroatoms. The molecule has 2 aromatic carbocycles. The van der Waals surface area contributed by atoms with Gasteiger partial charge in [0.15, 0.2) is 11.7 Å². The van der Waals surface area contributed by atoms with Crippen LogP contribution >= 0.6 is 0 Å². The van der Waals surface area contributed by atoms with E-state index in [1.807, 2.05) is 47.1 Å². The summed E-state index contributed by atoms with van der Waals surface area (Å²) in [6.07, 6.45) is 2.62. The maximum Gasteiger partial charge on any atom is 0.419 e. The van der Waals surface area contributed by atoms with Crippen molar-refractivity contribution < 1.29 is 28.6 Å². The number of fused-ring (bicyclic) bond motifs is 2. The van der Waals surface area contributed by atoms with Crippen molar-refractivity contribution >= 4 is 34.8 Å². The lowest BCUT2D eigenvalue weighted by Crippen LogP contribution is -2.56. The number of nitrogens with one attached hydrogen (secondary N) is 1. The highest BCUT2D eigenvalue weighted by molar-refractivity contribution is 5.91. The number of aliphatic hydroxyl groups is 1. The van der Waals surface area contributed by atoms with Crippen molar-refractivity contribution in [2.75, 3.05) is 77.4 Å². The molecule has 5 heterocycles. The van der Waals surface area contributed by atoms with Crippen molar-refractivity contribution in [3.05, 3.63) is 63.6 Å². The lowest BCUT2D eigenvalue weighted by Gasteiger charge is -2.43. The molecule has 0 saturated carbocycles. The highest BCUT2D eigenvalue weighted by Crippen LogP contribution is 2.26. The van der Waals surface area contributed by atoms with Crippen LogP contribution in [0, 0.1) is 6.92 Å². The maximum atomic E-state index is 14.2. The number of urea groups is 1. The van der Waals surface area contributed by atoms with Gasteiger partial charge < -0.3 is 39.2 Å². The summed E-state index contributed by atoms with van der Waals surface area (Å²) in [6.45, 7) is 8.73. The van der Waals surface area contributed by atoms with E-state index in [2.05, 4.69) is 15.1 Å². The quantitative estimate of drug-likeness (QED) is 0.360. The molecule has 3 fully saturated rings. The number of likely N-dealkylation sites (tertiary alicyclic amines) is 2. The summed E-state index contributed by atoms with van der Waals surface area (Å²) >= 11 is 0. The van der Waals surface area contributed by atoms with Crippen molar-refractivity contribution in [2.45, 2.75) is 63.6 Å². The van der Waals surface area contributed by atoms with E-state index in [4.69, 9.17) is 9.15 Å². The fraction of sp³-hybridized carbons (Fsp3) is 0.579. The molecule has 2 N–H and O–H groups in total. The fourth-order valence-electron chi connectivity index (χ4n) is 8.55. The predicted molar refractivity (Wildman–Crippen MR) is 195 cm³/mol. The molecule has 4 aliphatic rings. The average Bonchev–Trinajstić information content (AvgIpc) is 3.33. The van der Waals surface area contributed by atoms with E-state index in [0.717, 1.165) is 67.8 Å². The number of aromatic nitrogens is 1. The van der Waals surface area contributed by atoms with Gasteiger partial charge in [-0.3, -0.25) is 14.3 Å². The molecule has 1 unspecified atom stereocenters. The molecule has 1 atom stereocenters. The van der Waals surface area contributed by atoms with Crippen molar-refractivity contribution in [3.8, 4) is 0 Å². The molecule has 14 nitrogen and oxygen atoms in total. The zero-order chi connectivity index (χ0) is 36.4. The number of aryl methyl sites for hydroxylation is 2. The van der Waals surface area contributed by atoms with Gasteiger partial charge in [-0.05, 0) is 80.9 Å². The van der Waals surface area contributed by atoms with E-state index >= 15 is 0 Å². The molecule has 3 aromatic rings. The fourth-order valence-corrected chi connectivity index (χ4v) is 8.55. The second-order valence-corrected chi connectivity index (χ2v) is 14.7. The van der Waals surface area contributed by atoms with Gasteiger partial charge in [-0.25, -0.2) is 14.4 Å². The van der Waals surface area contributed by atoms with Gasteiger partial charge in [0.25, 0.3) is 5.91 Å². The van der Waals surface area contributed by atoms with Gasteiger partial charge in [0.2, 0.25) is 0 Å². The van der Waals surface area contributed by atoms with Crippen LogP contribution in [0.15, 0.2) is 45.6 Å². The number of piperidine rings is 2. The Hall–Kier alpha value is -4.40. The number of β-amino-alcohol motifs (C(OH)–C–C–N with tert-alkyl or cyclic N) is 1. The smallest absolute Gasteiger partial charge is 0.419 e. The third kappa shape index (κ3) is 7.69. The van der Waals surface area contributed by atoms with Crippen LogP contribution in [0.2, 0.25) is 0 Å². The van der Waals surface area contributed by atoms with Crippen LogP contribution in [-0.4, -0.2) is 142 Å². The Morgan fingerprint density at radius 1 is 0.923 bits per heavy atom. The maximum absolute atomic E-state index is 14.2. The number of aliphatic hydroxyl groups excluding tert-OH is 1. The van der Waals surface area contributed by atoms with Crippen LogP contribution in [0.1, 0.15) is 42.4 Å². The van der Waals surface area contributed by atoms with Crippen LogP contribution in [-0.2, 0) is 29.4 Å². The molecule has 0 spiro atoms. The van der Waals surface area contributed by atoms with Crippen LogP contribution < -0.4 is 11.1 Å². The number of piperazine rings is 1. The zero-order valence-electron chi connectivity index (χ0n) is 30.3. The number of hydrogen-bond acceptors (Lipinski definition) is 9. The summed E-state index contributed by atoms with van der Waals surface area (Å²) in [5.41, 5.74) is 4.65. The number of carbonyl (C=O) groups is 3. The van der Waals surface area contributed by atoms with Crippen molar-refractivity contribution in [1.29, 1.82) is 0 Å². The number of benzene rings is 2. The third-order valence-corrected chi connectivity index (χ3v) is 11.5. The second kappa shape index (κ2) is 15.7. The Morgan fingerprint density at radius 3 is 2.37 bits per heavy atom. The van der Waals surface area contributed by atoms with Crippen LogP contribution in [0.3, 0.4) is 0 Å². The molecule has 7 rings (SSSR count). The first kappa shape index (κ1) is 36.0. The van der Waals surface area contributed by atoms with E-state index in [9.17, 15) is 24.3 Å². The van der Waals surface area contributed by atoms with Gasteiger partial charge >= 0.3 is 17.9 Å². The Labute approximate surface area is 303 Å². The molecule has 280 valence electrons. The van der Waals surface area contributed by atoms with Crippen molar-refractivity contribution in [3.63, 3.8) is 0 Å². The first-order chi connectivity index (χ1) is 25.2. The van der Waals surface area contributed by atoms with Gasteiger partial charge in [0, 0.05) is 83.6 Å². The lowest BCUT2D eigenvalue weighted by molar-refractivity contribution is -0.143. The summed E-state index contributed by atoms with van der Waals surface area (Å²) in [6, 6.07) is 11.9. The number of carbonyl (C=O) groups excluding carboxylic acids is 3. The first-order valence-corrected chi connectivity index (χ1v) is 18.7. The lowest BCUT2D eigenvalue weighted by atomic mass is 10.0. The molecule has 3 saturated heterocycles. The van der Waals surface area contributed by atoms with Crippen LogP contribution in [0.5, 0.6) is 0 Å². The minimum Gasteiger partial charge on any atom is -0.436 e. The Balaban J connectivity index is 1.01. The Bertz CT molecular complexity index is 1820. The largest absolute Gasteiger partial charge is 0.436 e. The van der Waals surface area contributed by atoms with E-state index in [1.165, 1.54) is 4.57 Å². The molecule has 0 aliphatic carbocycles. The summed E-state index contributed by atoms with van der Waals surface area (Å²) < 4.78 is 13.0. The minimum absolute atomic E-state index is 0.00997. The molecular formula is C38H51N7O7. The average molecular weight is 718 g/mol. The number of hydrogen-bond donors (Lipinski definition) is 2. The SMILES string of the molecule is Cc1cc(CC(OC(=O)N2CCC(N3CCc4ccccc4NC3=O)CC2)C(=O)N2CCN(C3CCN(CCO)CC3)CC2)cc2oc(=O)n(C)c12. The summed E-state index contributed by atoms with van der Waals surface area (Å²) in [7, 11) is 1.66. The third-order valence-electron chi connectivity index (χ3n) is 11.5. The number of para-hydroxylation sites is 1. The molecule has 4 amide bonds.